The number of carboxylic acids is 1. The molecule has 2 heterocycles. The molecule has 6 nitrogen and oxygen atoms in total. The van der Waals surface area contributed by atoms with E-state index in [0.29, 0.717) is 18.5 Å². The Kier molecular flexibility index (Phi) is 4.55. The fraction of sp³-hybridized carbons (Fsp3) is 0.500. The molecule has 1 fully saturated rings. The first kappa shape index (κ1) is 14.3. The van der Waals surface area contributed by atoms with E-state index in [2.05, 4.69) is 0 Å². The predicted molar refractivity (Wildman–Crippen MR) is 70.5 cm³/mol. The van der Waals surface area contributed by atoms with Crippen LogP contribution < -0.4 is 5.63 Å². The van der Waals surface area contributed by atoms with Crippen LogP contribution in [-0.4, -0.2) is 34.5 Å². The highest BCUT2D eigenvalue weighted by atomic mass is 16.4. The number of hydrogen-bond donors (Lipinski definition) is 1. The molecule has 0 aliphatic carbocycles. The number of aliphatic carboxylic acids is 1. The van der Waals surface area contributed by atoms with Crippen LogP contribution in [0.25, 0.3) is 0 Å². The molecule has 0 radical (unpaired) electrons. The predicted octanol–water partition coefficient (Wildman–Crippen LogP) is 1.50. The minimum Gasteiger partial charge on any atom is -0.481 e. The van der Waals surface area contributed by atoms with Crippen LogP contribution in [0.15, 0.2) is 27.6 Å². The summed E-state index contributed by atoms with van der Waals surface area (Å²) < 4.78 is 4.71. The summed E-state index contributed by atoms with van der Waals surface area (Å²) >= 11 is 0. The van der Waals surface area contributed by atoms with Crippen molar-refractivity contribution in [2.45, 2.75) is 38.1 Å². The maximum atomic E-state index is 12.4. The van der Waals surface area contributed by atoms with Crippen LogP contribution in [0.2, 0.25) is 0 Å². The second kappa shape index (κ2) is 6.36. The van der Waals surface area contributed by atoms with Crippen molar-refractivity contribution in [3.63, 3.8) is 0 Å². The standard InChI is InChI=1S/C14H17NO5/c16-12(17)6-5-11-3-1-2-8-15(11)14(19)10-4-7-13(18)20-9-10/h4,7,9,11H,1-3,5-6,8H2,(H,16,17). The largest absolute Gasteiger partial charge is 0.481 e. The molecular formula is C14H17NO5. The molecule has 1 amide bonds. The molecule has 108 valence electrons. The van der Waals surface area contributed by atoms with Crippen molar-refractivity contribution >= 4 is 11.9 Å². The zero-order valence-electron chi connectivity index (χ0n) is 11.1. The molecule has 0 bridgehead atoms. The highest BCUT2D eigenvalue weighted by molar-refractivity contribution is 5.94. The van der Waals surface area contributed by atoms with Crippen LogP contribution in [-0.2, 0) is 4.79 Å². The molecule has 1 aromatic heterocycles. The van der Waals surface area contributed by atoms with Crippen LogP contribution in [0.1, 0.15) is 42.5 Å². The van der Waals surface area contributed by atoms with Gasteiger partial charge in [-0.15, -0.1) is 0 Å². The van der Waals surface area contributed by atoms with E-state index in [0.717, 1.165) is 25.5 Å². The quantitative estimate of drug-likeness (QED) is 0.902. The van der Waals surface area contributed by atoms with Crippen LogP contribution in [0.4, 0.5) is 0 Å². The van der Waals surface area contributed by atoms with Gasteiger partial charge in [-0.2, -0.15) is 0 Å². The lowest BCUT2D eigenvalue weighted by atomic mass is 9.97. The van der Waals surface area contributed by atoms with Gasteiger partial charge in [0, 0.05) is 25.1 Å². The van der Waals surface area contributed by atoms with Gasteiger partial charge in [-0.25, -0.2) is 4.79 Å². The van der Waals surface area contributed by atoms with E-state index in [1.807, 2.05) is 0 Å². The molecule has 1 saturated heterocycles. The molecule has 2 rings (SSSR count). The molecule has 20 heavy (non-hydrogen) atoms. The summed E-state index contributed by atoms with van der Waals surface area (Å²) in [6, 6.07) is 2.60. The van der Waals surface area contributed by atoms with Gasteiger partial charge in [0.05, 0.1) is 5.56 Å². The van der Waals surface area contributed by atoms with Crippen molar-refractivity contribution in [1.82, 2.24) is 4.90 Å². The Morgan fingerprint density at radius 2 is 2.15 bits per heavy atom. The molecule has 1 N–H and O–H groups in total. The third-order valence-corrected chi connectivity index (χ3v) is 3.53. The number of carbonyl (C=O) groups is 2. The Morgan fingerprint density at radius 1 is 1.35 bits per heavy atom. The first-order chi connectivity index (χ1) is 9.58. The molecule has 1 unspecified atom stereocenters. The van der Waals surface area contributed by atoms with Crippen molar-refractivity contribution in [1.29, 1.82) is 0 Å². The molecule has 1 aliphatic heterocycles. The Labute approximate surface area is 116 Å². The molecular weight excluding hydrogens is 262 g/mol. The van der Waals surface area contributed by atoms with E-state index in [1.54, 1.807) is 4.90 Å². The summed E-state index contributed by atoms with van der Waals surface area (Å²) in [5.74, 6) is -1.06. The normalized spacial score (nSPS) is 18.8. The average Bonchev–Trinajstić information content (AvgIpc) is 2.45. The Hall–Kier alpha value is -2.11. The summed E-state index contributed by atoms with van der Waals surface area (Å²) in [6.45, 7) is 0.613. The first-order valence-corrected chi connectivity index (χ1v) is 6.69. The van der Waals surface area contributed by atoms with Gasteiger partial charge in [0.25, 0.3) is 5.91 Å². The Morgan fingerprint density at radius 3 is 2.80 bits per heavy atom. The fourth-order valence-electron chi connectivity index (χ4n) is 2.50. The smallest absolute Gasteiger partial charge is 0.335 e. The third kappa shape index (κ3) is 3.46. The zero-order valence-corrected chi connectivity index (χ0v) is 11.1. The van der Waals surface area contributed by atoms with Crippen molar-refractivity contribution in [2.75, 3.05) is 6.54 Å². The van der Waals surface area contributed by atoms with Crippen molar-refractivity contribution < 1.29 is 19.1 Å². The van der Waals surface area contributed by atoms with Gasteiger partial charge >= 0.3 is 11.6 Å². The van der Waals surface area contributed by atoms with E-state index >= 15 is 0 Å². The number of carboxylic acid groups (broad SMARTS) is 1. The summed E-state index contributed by atoms with van der Waals surface area (Å²) in [7, 11) is 0. The molecule has 1 atom stereocenters. The minimum atomic E-state index is -0.853. The molecule has 1 aromatic rings. The van der Waals surface area contributed by atoms with Gasteiger partial charge in [0.1, 0.15) is 6.26 Å². The van der Waals surface area contributed by atoms with Crippen molar-refractivity contribution in [3.8, 4) is 0 Å². The summed E-state index contributed by atoms with van der Waals surface area (Å²) in [5.41, 5.74) is -0.172. The Balaban J connectivity index is 2.10. The number of carbonyl (C=O) groups excluding carboxylic acids is 1. The second-order valence-corrected chi connectivity index (χ2v) is 4.92. The van der Waals surface area contributed by atoms with Gasteiger partial charge in [-0.3, -0.25) is 9.59 Å². The van der Waals surface area contributed by atoms with Gasteiger partial charge in [0.15, 0.2) is 0 Å². The van der Waals surface area contributed by atoms with Gasteiger partial charge in [0.2, 0.25) is 0 Å². The lowest BCUT2D eigenvalue weighted by Crippen LogP contribution is -2.44. The molecule has 6 heteroatoms. The Bertz CT molecular complexity index is 530. The maximum absolute atomic E-state index is 12.4. The monoisotopic (exact) mass is 279 g/mol. The zero-order chi connectivity index (χ0) is 14.5. The van der Waals surface area contributed by atoms with Crippen LogP contribution >= 0.6 is 0 Å². The van der Waals surface area contributed by atoms with Crippen LogP contribution in [0.3, 0.4) is 0 Å². The van der Waals surface area contributed by atoms with Gasteiger partial charge in [-0.05, 0) is 31.7 Å². The lowest BCUT2D eigenvalue weighted by Gasteiger charge is -2.35. The second-order valence-electron chi connectivity index (χ2n) is 4.92. The summed E-state index contributed by atoms with van der Waals surface area (Å²) in [5, 5.41) is 8.76. The third-order valence-electron chi connectivity index (χ3n) is 3.53. The topological polar surface area (TPSA) is 87.8 Å². The highest BCUT2D eigenvalue weighted by Gasteiger charge is 2.28. The number of amides is 1. The summed E-state index contributed by atoms with van der Waals surface area (Å²) in [6.07, 6.45) is 4.39. The molecule has 1 aliphatic rings. The maximum Gasteiger partial charge on any atom is 0.335 e. The van der Waals surface area contributed by atoms with E-state index in [1.165, 1.54) is 12.1 Å². The molecule has 0 saturated carbocycles. The van der Waals surface area contributed by atoms with Crippen molar-refractivity contribution in [2.24, 2.45) is 0 Å². The number of likely N-dealkylation sites (tertiary alicyclic amines) is 1. The first-order valence-electron chi connectivity index (χ1n) is 6.69. The van der Waals surface area contributed by atoms with Crippen molar-refractivity contribution in [3.05, 3.63) is 34.4 Å². The number of nitrogens with zero attached hydrogens (tertiary/aromatic N) is 1. The number of hydrogen-bond acceptors (Lipinski definition) is 4. The SMILES string of the molecule is O=C(O)CCC1CCCCN1C(=O)c1ccc(=O)oc1. The van der Waals surface area contributed by atoms with E-state index in [-0.39, 0.29) is 18.4 Å². The average molecular weight is 279 g/mol. The van der Waals surface area contributed by atoms with Crippen LogP contribution in [0, 0.1) is 0 Å². The molecule has 0 spiro atoms. The van der Waals surface area contributed by atoms with Gasteiger partial charge in [-0.1, -0.05) is 0 Å². The van der Waals surface area contributed by atoms with E-state index < -0.39 is 11.6 Å². The fourth-order valence-corrected chi connectivity index (χ4v) is 2.50. The molecule has 0 aromatic carbocycles. The number of piperidine rings is 1. The number of rotatable bonds is 4. The van der Waals surface area contributed by atoms with Crippen LogP contribution in [0.5, 0.6) is 0 Å². The summed E-state index contributed by atoms with van der Waals surface area (Å²) in [4.78, 5) is 35.7. The van der Waals surface area contributed by atoms with E-state index in [9.17, 15) is 14.4 Å². The van der Waals surface area contributed by atoms with E-state index in [4.69, 9.17) is 9.52 Å². The lowest BCUT2D eigenvalue weighted by molar-refractivity contribution is -0.137. The highest BCUT2D eigenvalue weighted by Crippen LogP contribution is 2.22. The minimum absolute atomic E-state index is 0.0539. The van der Waals surface area contributed by atoms with Gasteiger partial charge < -0.3 is 14.4 Å².